The summed E-state index contributed by atoms with van der Waals surface area (Å²) in [5, 5.41) is 3.56. The van der Waals surface area contributed by atoms with E-state index in [1.807, 2.05) is 37.3 Å². The Morgan fingerprint density at radius 2 is 1.39 bits per heavy atom. The third-order valence-corrected chi connectivity index (χ3v) is 9.59. The first kappa shape index (κ1) is 33.1. The summed E-state index contributed by atoms with van der Waals surface area (Å²) in [7, 11) is -4.23. The SMILES string of the molecule is CCCCNC(=O)[C@@H](Cc1ccccc1)N(Cc1ccccc1Cl)C(=O)CN(c1ccccc1Cl)S(=O)(=O)c1ccccc1. The largest absolute Gasteiger partial charge is 0.354 e. The van der Waals surface area contributed by atoms with Gasteiger partial charge < -0.3 is 10.2 Å². The van der Waals surface area contributed by atoms with E-state index in [2.05, 4.69) is 5.32 Å². The Morgan fingerprint density at radius 1 is 0.795 bits per heavy atom. The zero-order valence-electron chi connectivity index (χ0n) is 24.4. The fourth-order valence-corrected chi connectivity index (χ4v) is 6.69. The van der Waals surface area contributed by atoms with Crippen molar-refractivity contribution in [3.63, 3.8) is 0 Å². The predicted octanol–water partition coefficient (Wildman–Crippen LogP) is 6.75. The first-order chi connectivity index (χ1) is 21.2. The van der Waals surface area contributed by atoms with Crippen molar-refractivity contribution in [3.8, 4) is 0 Å². The van der Waals surface area contributed by atoms with Crippen molar-refractivity contribution < 1.29 is 18.0 Å². The quantitative estimate of drug-likeness (QED) is 0.153. The highest BCUT2D eigenvalue weighted by Gasteiger charge is 2.35. The van der Waals surface area contributed by atoms with Gasteiger partial charge in [0.1, 0.15) is 12.6 Å². The van der Waals surface area contributed by atoms with Gasteiger partial charge in [-0.05, 0) is 47.9 Å². The molecular formula is C34H35Cl2N3O4S. The normalized spacial score (nSPS) is 11.9. The highest BCUT2D eigenvalue weighted by atomic mass is 35.5. The molecule has 0 heterocycles. The van der Waals surface area contributed by atoms with Crippen LogP contribution in [0.15, 0.2) is 114 Å². The summed E-state index contributed by atoms with van der Waals surface area (Å²) in [6.07, 6.45) is 1.88. The highest BCUT2D eigenvalue weighted by Crippen LogP contribution is 2.31. The molecule has 0 saturated heterocycles. The molecule has 230 valence electrons. The Hall–Kier alpha value is -3.85. The lowest BCUT2D eigenvalue weighted by Crippen LogP contribution is -2.53. The first-order valence-corrected chi connectivity index (χ1v) is 16.6. The monoisotopic (exact) mass is 651 g/mol. The Labute approximate surface area is 269 Å². The van der Waals surface area contributed by atoms with E-state index < -0.39 is 28.5 Å². The second-order valence-electron chi connectivity index (χ2n) is 10.2. The molecule has 2 amide bonds. The summed E-state index contributed by atoms with van der Waals surface area (Å²) in [4.78, 5) is 29.7. The Balaban J connectivity index is 1.80. The number of benzene rings is 4. The van der Waals surface area contributed by atoms with Crippen LogP contribution in [0, 0.1) is 0 Å². The van der Waals surface area contributed by atoms with Crippen LogP contribution >= 0.6 is 23.2 Å². The number of nitrogens with one attached hydrogen (secondary N) is 1. The fraction of sp³-hybridized carbons (Fsp3) is 0.235. The van der Waals surface area contributed by atoms with Crippen molar-refractivity contribution in [1.29, 1.82) is 0 Å². The summed E-state index contributed by atoms with van der Waals surface area (Å²) in [6.45, 7) is 1.86. The molecule has 0 aromatic heterocycles. The summed E-state index contributed by atoms with van der Waals surface area (Å²) >= 11 is 13.0. The van der Waals surface area contributed by atoms with Gasteiger partial charge in [-0.25, -0.2) is 8.42 Å². The van der Waals surface area contributed by atoms with E-state index in [0.29, 0.717) is 17.1 Å². The summed E-state index contributed by atoms with van der Waals surface area (Å²) in [6, 6.07) is 29.8. The number of hydrogen-bond donors (Lipinski definition) is 1. The van der Waals surface area contributed by atoms with Gasteiger partial charge in [0.15, 0.2) is 0 Å². The van der Waals surface area contributed by atoms with Gasteiger partial charge in [0.2, 0.25) is 11.8 Å². The number of halogens is 2. The van der Waals surface area contributed by atoms with Gasteiger partial charge in [0.05, 0.1) is 15.6 Å². The number of hydrogen-bond acceptors (Lipinski definition) is 4. The molecule has 0 spiro atoms. The minimum Gasteiger partial charge on any atom is -0.354 e. The molecule has 0 aliphatic heterocycles. The third-order valence-electron chi connectivity index (χ3n) is 7.13. The molecule has 0 saturated carbocycles. The molecule has 4 aromatic rings. The van der Waals surface area contributed by atoms with Gasteiger partial charge in [0.25, 0.3) is 10.0 Å². The maximum Gasteiger partial charge on any atom is 0.264 e. The van der Waals surface area contributed by atoms with E-state index in [9.17, 15) is 18.0 Å². The van der Waals surface area contributed by atoms with Crippen LogP contribution in [-0.2, 0) is 32.6 Å². The van der Waals surface area contributed by atoms with Crippen molar-refractivity contribution >= 4 is 50.7 Å². The number of nitrogens with zero attached hydrogens (tertiary/aromatic N) is 2. The van der Waals surface area contributed by atoms with E-state index in [-0.39, 0.29) is 34.5 Å². The zero-order chi connectivity index (χ0) is 31.5. The second kappa shape index (κ2) is 15.7. The van der Waals surface area contributed by atoms with E-state index in [4.69, 9.17) is 23.2 Å². The Bertz CT molecular complexity index is 1650. The van der Waals surface area contributed by atoms with Crippen molar-refractivity contribution in [2.75, 3.05) is 17.4 Å². The smallest absolute Gasteiger partial charge is 0.264 e. The third kappa shape index (κ3) is 8.40. The van der Waals surface area contributed by atoms with Gasteiger partial charge >= 0.3 is 0 Å². The Kier molecular flexibility index (Phi) is 11.8. The van der Waals surface area contributed by atoms with Crippen LogP contribution in [0.3, 0.4) is 0 Å². The average Bonchev–Trinajstić information content (AvgIpc) is 3.03. The minimum atomic E-state index is -4.23. The molecule has 44 heavy (non-hydrogen) atoms. The molecule has 7 nitrogen and oxygen atoms in total. The predicted molar refractivity (Wildman–Crippen MR) is 176 cm³/mol. The van der Waals surface area contributed by atoms with Crippen molar-refractivity contribution in [3.05, 3.63) is 130 Å². The van der Waals surface area contributed by atoms with Crippen LogP contribution in [0.5, 0.6) is 0 Å². The lowest BCUT2D eigenvalue weighted by molar-refractivity contribution is -0.140. The number of anilines is 1. The number of carbonyl (C=O) groups is 2. The van der Waals surface area contributed by atoms with Gasteiger partial charge in [-0.3, -0.25) is 13.9 Å². The molecule has 0 unspecified atom stereocenters. The van der Waals surface area contributed by atoms with Gasteiger partial charge in [-0.1, -0.05) is 115 Å². The molecule has 0 aliphatic carbocycles. The van der Waals surface area contributed by atoms with Crippen molar-refractivity contribution in [1.82, 2.24) is 10.2 Å². The van der Waals surface area contributed by atoms with Gasteiger partial charge in [-0.15, -0.1) is 0 Å². The summed E-state index contributed by atoms with van der Waals surface area (Å²) in [5.41, 5.74) is 1.62. The average molecular weight is 653 g/mol. The number of carbonyl (C=O) groups excluding carboxylic acids is 2. The van der Waals surface area contributed by atoms with Crippen LogP contribution in [0.1, 0.15) is 30.9 Å². The molecule has 0 aliphatic rings. The Morgan fingerprint density at radius 3 is 2.02 bits per heavy atom. The van der Waals surface area contributed by atoms with Crippen LogP contribution in [0.4, 0.5) is 5.69 Å². The molecular weight excluding hydrogens is 617 g/mol. The van der Waals surface area contributed by atoms with E-state index >= 15 is 0 Å². The maximum absolute atomic E-state index is 14.5. The lowest BCUT2D eigenvalue weighted by Gasteiger charge is -2.34. The van der Waals surface area contributed by atoms with Gasteiger partial charge in [0, 0.05) is 24.5 Å². The molecule has 1 N–H and O–H groups in total. The van der Waals surface area contributed by atoms with Crippen LogP contribution < -0.4 is 9.62 Å². The summed E-state index contributed by atoms with van der Waals surface area (Å²) < 4.78 is 29.0. The van der Waals surface area contributed by atoms with E-state index in [0.717, 1.165) is 22.7 Å². The number of unbranched alkanes of at least 4 members (excludes halogenated alkanes) is 1. The number of rotatable bonds is 14. The van der Waals surface area contributed by atoms with Crippen molar-refractivity contribution in [2.45, 2.75) is 43.7 Å². The number of sulfonamides is 1. The van der Waals surface area contributed by atoms with Crippen LogP contribution in [0.2, 0.25) is 10.0 Å². The fourth-order valence-electron chi connectivity index (χ4n) is 4.76. The minimum absolute atomic E-state index is 0.00326. The zero-order valence-corrected chi connectivity index (χ0v) is 26.7. The van der Waals surface area contributed by atoms with E-state index in [1.165, 1.54) is 17.0 Å². The molecule has 1 atom stereocenters. The standard InChI is InChI=1S/C34H35Cl2N3O4S/c1-2-3-22-37-34(41)32(23-26-14-6-4-7-15-26)38(24-27-16-10-11-19-29(27)35)33(40)25-39(31-21-13-12-20-30(31)36)44(42,43)28-17-8-5-9-18-28/h4-21,32H,2-3,22-25H2,1H3,(H,37,41)/t32-/m1/s1. The molecule has 4 aromatic carbocycles. The molecule has 0 bridgehead atoms. The molecule has 10 heteroatoms. The molecule has 0 radical (unpaired) electrons. The van der Waals surface area contributed by atoms with Crippen LogP contribution in [-0.4, -0.2) is 44.3 Å². The lowest BCUT2D eigenvalue weighted by atomic mass is 10.0. The van der Waals surface area contributed by atoms with Crippen molar-refractivity contribution in [2.24, 2.45) is 0 Å². The van der Waals surface area contributed by atoms with Gasteiger partial charge in [-0.2, -0.15) is 0 Å². The number of amides is 2. The topological polar surface area (TPSA) is 86.8 Å². The molecule has 0 fully saturated rings. The van der Waals surface area contributed by atoms with Crippen LogP contribution in [0.25, 0.3) is 0 Å². The molecule has 4 rings (SSSR count). The van der Waals surface area contributed by atoms with E-state index in [1.54, 1.807) is 66.7 Å². The maximum atomic E-state index is 14.5. The summed E-state index contributed by atoms with van der Waals surface area (Å²) in [5.74, 6) is -0.922. The highest BCUT2D eigenvalue weighted by molar-refractivity contribution is 7.92. The number of para-hydroxylation sites is 1. The first-order valence-electron chi connectivity index (χ1n) is 14.4. The second-order valence-corrected chi connectivity index (χ2v) is 12.9.